The van der Waals surface area contributed by atoms with Crippen molar-refractivity contribution in [1.82, 2.24) is 15.1 Å². The maximum absolute atomic E-state index is 13.1. The highest BCUT2D eigenvalue weighted by atomic mass is 79.9. The first-order valence-corrected chi connectivity index (χ1v) is 11.6. The van der Waals surface area contributed by atoms with E-state index in [1.807, 2.05) is 76.2 Å². The van der Waals surface area contributed by atoms with E-state index in [-0.39, 0.29) is 16.8 Å². The number of likely N-dealkylation sites (tertiary alicyclic amines) is 1. The largest absolute Gasteiger partial charge is 0.334 e. The fraction of sp³-hybridized carbons (Fsp3) is 0.364. The molecular formula is C22H24BrN3O2S. The van der Waals surface area contributed by atoms with Gasteiger partial charge in [0.25, 0.3) is 5.91 Å². The molecular weight excluding hydrogens is 450 g/mol. The fourth-order valence-electron chi connectivity index (χ4n) is 4.03. The third kappa shape index (κ3) is 4.46. The van der Waals surface area contributed by atoms with Gasteiger partial charge < -0.3 is 15.1 Å². The van der Waals surface area contributed by atoms with Gasteiger partial charge >= 0.3 is 6.03 Å². The number of carbonyl (C=O) groups is 2. The van der Waals surface area contributed by atoms with E-state index in [0.29, 0.717) is 25.2 Å². The van der Waals surface area contributed by atoms with Gasteiger partial charge in [-0.2, -0.15) is 0 Å². The van der Waals surface area contributed by atoms with Gasteiger partial charge in [0.05, 0.1) is 4.87 Å². The Morgan fingerprint density at radius 1 is 1.03 bits per heavy atom. The number of urea groups is 1. The molecule has 3 amide bonds. The topological polar surface area (TPSA) is 52.7 Å². The van der Waals surface area contributed by atoms with Gasteiger partial charge in [-0.15, -0.1) is 11.8 Å². The number of hydrogen-bond acceptors (Lipinski definition) is 3. The summed E-state index contributed by atoms with van der Waals surface area (Å²) in [4.78, 5) is 29.4. The lowest BCUT2D eigenvalue weighted by Gasteiger charge is -2.44. The van der Waals surface area contributed by atoms with Crippen LogP contribution in [0.5, 0.6) is 0 Å². The molecule has 152 valence electrons. The number of benzene rings is 2. The van der Waals surface area contributed by atoms with Crippen LogP contribution in [0.2, 0.25) is 0 Å². The van der Waals surface area contributed by atoms with E-state index in [4.69, 9.17) is 0 Å². The first-order chi connectivity index (χ1) is 14.1. The van der Waals surface area contributed by atoms with Crippen LogP contribution in [0.15, 0.2) is 59.1 Å². The Kier molecular flexibility index (Phi) is 6.15. The van der Waals surface area contributed by atoms with Crippen LogP contribution < -0.4 is 5.32 Å². The van der Waals surface area contributed by atoms with E-state index in [1.165, 1.54) is 0 Å². The molecule has 0 saturated carbocycles. The molecule has 2 aromatic carbocycles. The average molecular weight is 474 g/mol. The van der Waals surface area contributed by atoms with Gasteiger partial charge in [-0.05, 0) is 36.6 Å². The summed E-state index contributed by atoms with van der Waals surface area (Å²) < 4.78 is 0.911. The predicted octanol–water partition coefficient (Wildman–Crippen LogP) is 4.34. The van der Waals surface area contributed by atoms with E-state index in [1.54, 1.807) is 0 Å². The van der Waals surface area contributed by atoms with Gasteiger partial charge in [-0.3, -0.25) is 4.79 Å². The Balaban J connectivity index is 1.37. The summed E-state index contributed by atoms with van der Waals surface area (Å²) >= 11 is 5.31. The molecule has 0 aliphatic carbocycles. The highest BCUT2D eigenvalue weighted by Gasteiger charge is 2.47. The zero-order chi connectivity index (χ0) is 20.3. The maximum atomic E-state index is 13.1. The Labute approximate surface area is 184 Å². The highest BCUT2D eigenvalue weighted by molar-refractivity contribution is 9.10. The van der Waals surface area contributed by atoms with Crippen molar-refractivity contribution in [3.63, 3.8) is 0 Å². The summed E-state index contributed by atoms with van der Waals surface area (Å²) in [5.74, 6) is 1.03. The van der Waals surface area contributed by atoms with Crippen LogP contribution in [0.4, 0.5) is 4.79 Å². The second kappa shape index (κ2) is 8.79. The molecule has 0 aromatic heterocycles. The van der Waals surface area contributed by atoms with Crippen molar-refractivity contribution in [1.29, 1.82) is 0 Å². The van der Waals surface area contributed by atoms with Crippen molar-refractivity contribution in [3.05, 3.63) is 70.2 Å². The molecule has 0 radical (unpaired) electrons. The Morgan fingerprint density at radius 2 is 1.79 bits per heavy atom. The van der Waals surface area contributed by atoms with E-state index in [2.05, 4.69) is 21.2 Å². The minimum Gasteiger partial charge on any atom is -0.334 e. The molecule has 7 heteroatoms. The third-order valence-electron chi connectivity index (χ3n) is 5.61. The van der Waals surface area contributed by atoms with Gasteiger partial charge in [0.2, 0.25) is 0 Å². The molecule has 0 bridgehead atoms. The first-order valence-electron chi connectivity index (χ1n) is 9.86. The highest BCUT2D eigenvalue weighted by Crippen LogP contribution is 2.44. The van der Waals surface area contributed by atoms with Crippen LogP contribution in [-0.2, 0) is 6.54 Å². The number of hydrogen-bond donors (Lipinski definition) is 1. The first kappa shape index (κ1) is 20.3. The number of piperidine rings is 1. The second-order valence-corrected chi connectivity index (χ2v) is 9.77. The normalized spacial score (nSPS) is 18.1. The lowest BCUT2D eigenvalue weighted by molar-refractivity contribution is 0.0580. The third-order valence-corrected chi connectivity index (χ3v) is 7.66. The van der Waals surface area contributed by atoms with Crippen LogP contribution >= 0.6 is 27.7 Å². The van der Waals surface area contributed by atoms with Gasteiger partial charge in [-0.1, -0.05) is 52.3 Å². The number of nitrogens with one attached hydrogen (secondary N) is 1. The molecule has 0 atom stereocenters. The van der Waals surface area contributed by atoms with Crippen LogP contribution in [0, 0.1) is 0 Å². The summed E-state index contributed by atoms with van der Waals surface area (Å²) in [5.41, 5.74) is 1.80. The molecule has 1 spiro atoms. The summed E-state index contributed by atoms with van der Waals surface area (Å²) in [5, 5.41) is 3.01. The molecule has 2 saturated heterocycles. The van der Waals surface area contributed by atoms with Crippen molar-refractivity contribution < 1.29 is 9.59 Å². The Hall–Kier alpha value is -1.99. The lowest BCUT2D eigenvalue weighted by atomic mass is 10.0. The maximum Gasteiger partial charge on any atom is 0.317 e. The minimum atomic E-state index is -0.199. The van der Waals surface area contributed by atoms with Crippen LogP contribution in [0.25, 0.3) is 0 Å². The van der Waals surface area contributed by atoms with Crippen molar-refractivity contribution in [2.24, 2.45) is 0 Å². The van der Waals surface area contributed by atoms with E-state index >= 15 is 0 Å². The molecule has 29 heavy (non-hydrogen) atoms. The van der Waals surface area contributed by atoms with Crippen LogP contribution in [0.1, 0.15) is 28.8 Å². The van der Waals surface area contributed by atoms with Gasteiger partial charge in [0.15, 0.2) is 0 Å². The van der Waals surface area contributed by atoms with Gasteiger partial charge in [0, 0.05) is 42.0 Å². The number of nitrogens with zero attached hydrogens (tertiary/aromatic N) is 2. The average Bonchev–Trinajstić information content (AvgIpc) is 3.15. The van der Waals surface area contributed by atoms with E-state index in [9.17, 15) is 9.59 Å². The van der Waals surface area contributed by atoms with Crippen LogP contribution in [-0.4, -0.2) is 52.0 Å². The molecule has 4 rings (SSSR count). The number of rotatable bonds is 3. The minimum absolute atomic E-state index is 0.0310. The number of halogens is 1. The standard InChI is InChI=1S/C22H24BrN3O2S/c23-19-8-4-7-18(15-19)20(27)26-13-14-29-22(26)9-11-25(12-10-22)21(28)24-16-17-5-2-1-3-6-17/h1-8,15H,9-14,16H2,(H,24,28). The van der Waals surface area contributed by atoms with Gasteiger partial charge in [-0.25, -0.2) is 4.79 Å². The summed E-state index contributed by atoms with van der Waals surface area (Å²) in [6, 6.07) is 17.5. The SMILES string of the molecule is O=C(NCc1ccccc1)N1CCC2(CC1)SCCN2C(=O)c1cccc(Br)c1. The summed E-state index contributed by atoms with van der Waals surface area (Å²) in [7, 11) is 0. The molecule has 1 N–H and O–H groups in total. The number of thioether (sulfide) groups is 1. The molecule has 2 fully saturated rings. The lowest BCUT2D eigenvalue weighted by Crippen LogP contribution is -2.55. The molecule has 0 unspecified atom stereocenters. The quantitative estimate of drug-likeness (QED) is 0.720. The summed E-state index contributed by atoms with van der Waals surface area (Å²) in [6.07, 6.45) is 1.60. The van der Waals surface area contributed by atoms with E-state index < -0.39 is 0 Å². The zero-order valence-electron chi connectivity index (χ0n) is 16.1. The summed E-state index contributed by atoms with van der Waals surface area (Å²) in [6.45, 7) is 2.62. The molecule has 2 aliphatic rings. The van der Waals surface area contributed by atoms with Crippen molar-refractivity contribution in [2.75, 3.05) is 25.4 Å². The number of carbonyl (C=O) groups excluding carboxylic acids is 2. The zero-order valence-corrected chi connectivity index (χ0v) is 18.5. The smallest absolute Gasteiger partial charge is 0.317 e. The Morgan fingerprint density at radius 3 is 2.52 bits per heavy atom. The predicted molar refractivity (Wildman–Crippen MR) is 120 cm³/mol. The number of amides is 3. The van der Waals surface area contributed by atoms with E-state index in [0.717, 1.165) is 35.2 Å². The van der Waals surface area contributed by atoms with Gasteiger partial charge in [0.1, 0.15) is 0 Å². The fourth-order valence-corrected chi connectivity index (χ4v) is 5.89. The second-order valence-electron chi connectivity index (χ2n) is 7.39. The molecule has 2 aromatic rings. The molecule has 2 aliphatic heterocycles. The monoisotopic (exact) mass is 473 g/mol. The van der Waals surface area contributed by atoms with Crippen LogP contribution in [0.3, 0.4) is 0 Å². The van der Waals surface area contributed by atoms with Crippen molar-refractivity contribution >= 4 is 39.6 Å². The Bertz CT molecular complexity index is 885. The van der Waals surface area contributed by atoms with Crippen molar-refractivity contribution in [3.8, 4) is 0 Å². The molecule has 2 heterocycles. The van der Waals surface area contributed by atoms with Crippen molar-refractivity contribution in [2.45, 2.75) is 24.3 Å². The molecule has 5 nitrogen and oxygen atoms in total.